The minimum Gasteiger partial charge on any atom is -0.478 e. The largest absolute Gasteiger partial charge is 0.478 e. The van der Waals surface area contributed by atoms with Crippen molar-refractivity contribution in [3.05, 3.63) is 66.2 Å². The fraction of sp³-hybridized carbons (Fsp3) is 0.118. The van der Waals surface area contributed by atoms with E-state index in [1.54, 1.807) is 18.5 Å². The van der Waals surface area contributed by atoms with E-state index >= 15 is 0 Å². The smallest absolute Gasteiger partial charge is 0.335 e. The lowest BCUT2D eigenvalue weighted by Crippen LogP contribution is -2.09. The molecule has 0 aliphatic heterocycles. The Morgan fingerprint density at radius 1 is 1.00 bits per heavy atom. The molecule has 0 aromatic carbocycles. The van der Waals surface area contributed by atoms with Crippen LogP contribution in [0.5, 0.6) is 0 Å². The number of carboxylic acid groups (broad SMARTS) is 1. The zero-order valence-electron chi connectivity index (χ0n) is 12.8. The molecule has 0 saturated heterocycles. The van der Waals surface area contributed by atoms with Crippen LogP contribution in [0.3, 0.4) is 0 Å². The Bertz CT molecular complexity index is 839. The highest BCUT2D eigenvalue weighted by Gasteiger charge is 2.08. The summed E-state index contributed by atoms with van der Waals surface area (Å²) in [5.74, 6) is -0.535. The topological polar surface area (TPSA) is 101 Å². The number of nitrogens with one attached hydrogen (secondary N) is 1. The zero-order valence-corrected chi connectivity index (χ0v) is 12.8. The highest BCUT2D eigenvalue weighted by Crippen LogP contribution is 2.16. The fourth-order valence-corrected chi connectivity index (χ4v) is 2.14. The van der Waals surface area contributed by atoms with Gasteiger partial charge >= 0.3 is 5.97 Å². The predicted molar refractivity (Wildman–Crippen MR) is 88.7 cm³/mol. The number of anilines is 1. The summed E-state index contributed by atoms with van der Waals surface area (Å²) in [6.07, 6.45) is 5.57. The van der Waals surface area contributed by atoms with Crippen LogP contribution < -0.4 is 5.32 Å². The molecule has 7 heteroatoms. The maximum Gasteiger partial charge on any atom is 0.335 e. The van der Waals surface area contributed by atoms with Crippen molar-refractivity contribution in [1.82, 2.24) is 19.9 Å². The van der Waals surface area contributed by atoms with Crippen LogP contribution in [0.15, 0.2) is 55.0 Å². The Morgan fingerprint density at radius 3 is 2.67 bits per heavy atom. The second-order valence-electron chi connectivity index (χ2n) is 5.00. The van der Waals surface area contributed by atoms with E-state index in [2.05, 4.69) is 25.3 Å². The van der Waals surface area contributed by atoms with Crippen LogP contribution in [0, 0.1) is 0 Å². The maximum absolute atomic E-state index is 11.0. The van der Waals surface area contributed by atoms with Gasteiger partial charge in [0, 0.05) is 37.3 Å². The van der Waals surface area contributed by atoms with E-state index < -0.39 is 5.97 Å². The molecule has 2 N–H and O–H groups in total. The fourth-order valence-electron chi connectivity index (χ4n) is 2.14. The highest BCUT2D eigenvalue weighted by atomic mass is 16.4. The molecule has 7 nitrogen and oxygen atoms in total. The molecule has 0 fully saturated rings. The summed E-state index contributed by atoms with van der Waals surface area (Å²) in [5, 5.41) is 12.2. The lowest BCUT2D eigenvalue weighted by Gasteiger charge is -2.06. The summed E-state index contributed by atoms with van der Waals surface area (Å²) < 4.78 is 0. The van der Waals surface area contributed by atoms with Crippen molar-refractivity contribution in [2.45, 2.75) is 6.42 Å². The molecule has 0 aliphatic rings. The van der Waals surface area contributed by atoms with E-state index in [0.29, 0.717) is 23.9 Å². The molecule has 0 unspecified atom stereocenters. The lowest BCUT2D eigenvalue weighted by atomic mass is 10.2. The average molecular weight is 321 g/mol. The van der Waals surface area contributed by atoms with Crippen LogP contribution in [0.25, 0.3) is 11.4 Å². The number of carboxylic acids is 1. The monoisotopic (exact) mass is 321 g/mol. The number of nitrogens with zero attached hydrogens (tertiary/aromatic N) is 4. The third kappa shape index (κ3) is 3.89. The first-order valence-corrected chi connectivity index (χ1v) is 7.39. The minimum absolute atomic E-state index is 0.170. The van der Waals surface area contributed by atoms with E-state index in [4.69, 9.17) is 5.11 Å². The van der Waals surface area contributed by atoms with Crippen molar-refractivity contribution in [2.75, 3.05) is 11.9 Å². The molecule has 3 aromatic rings. The number of carbonyl (C=O) groups is 1. The first-order valence-electron chi connectivity index (χ1n) is 7.39. The van der Waals surface area contributed by atoms with Gasteiger partial charge in [0.25, 0.3) is 0 Å². The van der Waals surface area contributed by atoms with Gasteiger partial charge in [-0.3, -0.25) is 9.97 Å². The molecule has 3 aromatic heterocycles. The Morgan fingerprint density at radius 2 is 1.88 bits per heavy atom. The minimum atomic E-state index is -0.999. The van der Waals surface area contributed by atoms with Gasteiger partial charge in [0.2, 0.25) is 5.95 Å². The third-order valence-corrected chi connectivity index (χ3v) is 3.32. The van der Waals surface area contributed by atoms with Crippen LogP contribution in [-0.4, -0.2) is 37.6 Å². The van der Waals surface area contributed by atoms with Crippen LogP contribution in [0.1, 0.15) is 16.1 Å². The van der Waals surface area contributed by atoms with Crippen molar-refractivity contribution >= 4 is 11.9 Å². The van der Waals surface area contributed by atoms with Crippen molar-refractivity contribution in [3.63, 3.8) is 0 Å². The summed E-state index contributed by atoms with van der Waals surface area (Å²) in [7, 11) is 0. The number of hydrogen-bond donors (Lipinski definition) is 2. The van der Waals surface area contributed by atoms with E-state index in [1.165, 1.54) is 18.3 Å². The summed E-state index contributed by atoms with van der Waals surface area (Å²) >= 11 is 0. The summed E-state index contributed by atoms with van der Waals surface area (Å²) in [6, 6.07) is 10.4. The normalized spacial score (nSPS) is 10.3. The van der Waals surface area contributed by atoms with Gasteiger partial charge in [0.15, 0.2) is 0 Å². The van der Waals surface area contributed by atoms with Crippen molar-refractivity contribution in [1.29, 1.82) is 0 Å². The van der Waals surface area contributed by atoms with Crippen LogP contribution in [0.4, 0.5) is 5.95 Å². The van der Waals surface area contributed by atoms with Gasteiger partial charge in [-0.2, -0.15) is 0 Å². The van der Waals surface area contributed by atoms with Crippen molar-refractivity contribution in [3.8, 4) is 11.4 Å². The predicted octanol–water partition coefficient (Wildman–Crippen LogP) is 2.29. The average Bonchev–Trinajstić information content (AvgIpc) is 2.63. The molecule has 0 aliphatic carbocycles. The van der Waals surface area contributed by atoms with Crippen molar-refractivity contribution < 1.29 is 9.90 Å². The molecule has 0 bridgehead atoms. The molecule has 0 atom stereocenters. The molecule has 3 heterocycles. The molecule has 0 saturated carbocycles. The second kappa shape index (κ2) is 7.28. The molecular formula is C17H15N5O2. The lowest BCUT2D eigenvalue weighted by molar-refractivity contribution is 0.0697. The van der Waals surface area contributed by atoms with Gasteiger partial charge in [0.1, 0.15) is 0 Å². The molecule has 0 amide bonds. The molecule has 24 heavy (non-hydrogen) atoms. The van der Waals surface area contributed by atoms with Gasteiger partial charge in [-0.05, 0) is 30.3 Å². The Kier molecular flexibility index (Phi) is 4.71. The first kappa shape index (κ1) is 15.5. The van der Waals surface area contributed by atoms with E-state index in [1.807, 2.05) is 18.2 Å². The number of aromatic nitrogens is 4. The summed E-state index contributed by atoms with van der Waals surface area (Å²) in [5.41, 5.74) is 2.21. The number of hydrogen-bond acceptors (Lipinski definition) is 6. The molecule has 120 valence electrons. The van der Waals surface area contributed by atoms with Gasteiger partial charge in [-0.25, -0.2) is 14.8 Å². The molecule has 0 spiro atoms. The SMILES string of the molecule is O=C(O)c1ccnc(-c2ccnc(NCCc3ccccn3)n2)c1. The number of pyridine rings is 2. The first-order chi connectivity index (χ1) is 11.7. The second-order valence-corrected chi connectivity index (χ2v) is 5.00. The number of aromatic carboxylic acids is 1. The van der Waals surface area contributed by atoms with Gasteiger partial charge in [-0.1, -0.05) is 6.07 Å². The van der Waals surface area contributed by atoms with Crippen molar-refractivity contribution in [2.24, 2.45) is 0 Å². The highest BCUT2D eigenvalue weighted by molar-refractivity contribution is 5.88. The Labute approximate surface area is 138 Å². The molecule has 3 rings (SSSR count). The number of rotatable bonds is 6. The Balaban J connectivity index is 1.70. The van der Waals surface area contributed by atoms with E-state index in [-0.39, 0.29) is 5.56 Å². The maximum atomic E-state index is 11.0. The quantitative estimate of drug-likeness (QED) is 0.718. The molecular weight excluding hydrogens is 306 g/mol. The summed E-state index contributed by atoms with van der Waals surface area (Å²) in [4.78, 5) is 28.0. The van der Waals surface area contributed by atoms with Crippen LogP contribution >= 0.6 is 0 Å². The summed E-state index contributed by atoms with van der Waals surface area (Å²) in [6.45, 7) is 0.642. The van der Waals surface area contributed by atoms with E-state index in [0.717, 1.165) is 12.1 Å². The Hall–Kier alpha value is -3.35. The van der Waals surface area contributed by atoms with E-state index in [9.17, 15) is 4.79 Å². The third-order valence-electron chi connectivity index (χ3n) is 3.32. The van der Waals surface area contributed by atoms with Crippen LogP contribution in [-0.2, 0) is 6.42 Å². The van der Waals surface area contributed by atoms with Gasteiger partial charge in [0.05, 0.1) is 17.0 Å². The van der Waals surface area contributed by atoms with Gasteiger partial charge in [-0.15, -0.1) is 0 Å². The van der Waals surface area contributed by atoms with Gasteiger partial charge < -0.3 is 10.4 Å². The standard InChI is InChI=1S/C17H15N5O2/c23-16(24)12-4-8-19-15(11-12)14-6-10-21-17(22-14)20-9-5-13-3-1-2-7-18-13/h1-4,6-8,10-11H,5,9H2,(H,23,24)(H,20,21,22). The molecule has 0 radical (unpaired) electrons. The van der Waals surface area contributed by atoms with Crippen LogP contribution in [0.2, 0.25) is 0 Å². The zero-order chi connectivity index (χ0) is 16.8.